The van der Waals surface area contributed by atoms with Crippen LogP contribution in [0.2, 0.25) is 0 Å². The minimum absolute atomic E-state index is 0.156. The monoisotopic (exact) mass is 935 g/mol. The summed E-state index contributed by atoms with van der Waals surface area (Å²) in [5, 5.41) is 5.90. The van der Waals surface area contributed by atoms with E-state index in [4.69, 9.17) is 18.9 Å². The summed E-state index contributed by atoms with van der Waals surface area (Å²) in [6.07, 6.45) is 3.28. The van der Waals surface area contributed by atoms with Gasteiger partial charge in [-0.15, -0.1) is 0 Å². The summed E-state index contributed by atoms with van der Waals surface area (Å²) in [7, 11) is 0. The number of ether oxygens (including phenoxy) is 4. The van der Waals surface area contributed by atoms with Crippen LogP contribution < -0.4 is 10.6 Å². The Labute approximate surface area is 397 Å². The predicted molar refractivity (Wildman–Crippen MR) is 255 cm³/mol. The molecule has 0 spiro atoms. The zero-order valence-electron chi connectivity index (χ0n) is 44.1. The van der Waals surface area contributed by atoms with Crippen molar-refractivity contribution in [1.29, 1.82) is 0 Å². The van der Waals surface area contributed by atoms with Gasteiger partial charge in [-0.25, -0.2) is 9.59 Å². The summed E-state index contributed by atoms with van der Waals surface area (Å²) < 4.78 is 24.5. The molecule has 4 heterocycles. The fourth-order valence-electron chi connectivity index (χ4n) is 9.98. The first-order valence-corrected chi connectivity index (χ1v) is 25.0. The summed E-state index contributed by atoms with van der Waals surface area (Å²) in [5.41, 5.74) is -3.12. The molecule has 6 amide bonds. The minimum Gasteiger partial charge on any atom is -0.444 e. The molecule has 16 nitrogen and oxygen atoms in total. The third-order valence-electron chi connectivity index (χ3n) is 12.7. The molecule has 4 saturated heterocycles. The van der Waals surface area contributed by atoms with Crippen LogP contribution in [0.4, 0.5) is 9.59 Å². The van der Waals surface area contributed by atoms with Crippen molar-refractivity contribution in [2.45, 2.75) is 210 Å². The Hall–Kier alpha value is -3.66. The Morgan fingerprint density at radius 3 is 1.20 bits per heavy atom. The number of amides is 6. The van der Waals surface area contributed by atoms with E-state index in [0.717, 1.165) is 25.7 Å². The largest absolute Gasteiger partial charge is 0.444 e. The van der Waals surface area contributed by atoms with Crippen molar-refractivity contribution in [3.63, 3.8) is 0 Å². The average Bonchev–Trinajstić information content (AvgIpc) is 3.85. The highest BCUT2D eigenvalue weighted by atomic mass is 16.6. The SMILES string of the molecule is CCCCNC(=O)[C@H]1C(=O)N(CC)C[C@@H]1[C@@H]1OC(C)(C)N(C(=O)OC(C)(C)C)[C@H]1CC(C)C.CCCCNC(=O)[C@H]1C(=O)N(CC)C[C@@H]1[C@@H]1OC(C)(C)N(C(=O)OC(C)(C)C)[C@H]1CC(C)C. The van der Waals surface area contributed by atoms with Gasteiger partial charge < -0.3 is 39.4 Å². The van der Waals surface area contributed by atoms with Crippen molar-refractivity contribution in [1.82, 2.24) is 30.2 Å². The molecule has 0 aromatic carbocycles. The van der Waals surface area contributed by atoms with Gasteiger partial charge in [-0.2, -0.15) is 0 Å². The standard InChI is InChI=1S/2C25H45N3O5/c2*1-10-12-13-26-21(29)19-17(15-27(11-2)22(19)30)20-18(14-16(3)4)28(25(8,9)32-20)23(31)33-24(5,6)7/h2*16-20H,10-15H2,1-9H3,(H,26,29)/t2*17-,18-,19-,20-/m00/s1. The number of carbonyl (C=O) groups is 6. The highest BCUT2D eigenvalue weighted by Gasteiger charge is 2.60. The van der Waals surface area contributed by atoms with Crippen LogP contribution in [-0.2, 0) is 38.1 Å². The summed E-state index contributed by atoms with van der Waals surface area (Å²) >= 11 is 0. The first-order chi connectivity index (χ1) is 30.5. The highest BCUT2D eigenvalue weighted by molar-refractivity contribution is 6.03. The zero-order chi connectivity index (χ0) is 50.3. The van der Waals surface area contributed by atoms with Crippen molar-refractivity contribution in [2.24, 2.45) is 35.5 Å². The van der Waals surface area contributed by atoms with E-state index in [-0.39, 0.29) is 59.4 Å². The number of rotatable bonds is 16. The molecule has 4 rings (SSSR count). The lowest BCUT2D eigenvalue weighted by Crippen LogP contribution is -2.51. The van der Waals surface area contributed by atoms with E-state index < -0.39 is 58.9 Å². The third-order valence-corrected chi connectivity index (χ3v) is 12.7. The second-order valence-electron chi connectivity index (χ2n) is 22.5. The number of carbonyl (C=O) groups excluding carboxylic acids is 6. The van der Waals surface area contributed by atoms with Crippen molar-refractivity contribution in [3.8, 4) is 0 Å². The van der Waals surface area contributed by atoms with E-state index in [0.29, 0.717) is 52.1 Å². The maximum absolute atomic E-state index is 13.3. The molecule has 2 N–H and O–H groups in total. The van der Waals surface area contributed by atoms with E-state index in [2.05, 4.69) is 52.2 Å². The summed E-state index contributed by atoms with van der Waals surface area (Å²) in [6, 6.07) is -0.592. The first kappa shape index (κ1) is 56.7. The predicted octanol–water partition coefficient (Wildman–Crippen LogP) is 7.57. The quantitative estimate of drug-likeness (QED) is 0.116. The molecule has 0 bridgehead atoms. The van der Waals surface area contributed by atoms with Crippen molar-refractivity contribution in [3.05, 3.63) is 0 Å². The third kappa shape index (κ3) is 14.2. The van der Waals surface area contributed by atoms with E-state index in [1.807, 2.05) is 83.1 Å². The number of nitrogens with zero attached hydrogens (tertiary/aromatic N) is 4. The lowest BCUT2D eigenvalue weighted by molar-refractivity contribution is -0.142. The molecule has 380 valence electrons. The van der Waals surface area contributed by atoms with Crippen LogP contribution in [0.25, 0.3) is 0 Å². The Bertz CT molecular complexity index is 1550. The van der Waals surface area contributed by atoms with Crippen LogP contribution >= 0.6 is 0 Å². The zero-order valence-corrected chi connectivity index (χ0v) is 44.1. The van der Waals surface area contributed by atoms with E-state index in [9.17, 15) is 28.8 Å². The molecule has 0 aromatic rings. The average molecular weight is 935 g/mol. The molecule has 0 saturated carbocycles. The number of likely N-dealkylation sites (tertiary alicyclic amines) is 2. The Balaban J connectivity index is 0.000000350. The van der Waals surface area contributed by atoms with Crippen molar-refractivity contribution in [2.75, 3.05) is 39.3 Å². The topological polar surface area (TPSA) is 176 Å². The molecule has 0 aromatic heterocycles. The molecular formula is C50H90N6O10. The molecule has 0 radical (unpaired) electrons. The van der Waals surface area contributed by atoms with Crippen LogP contribution in [0, 0.1) is 35.5 Å². The Morgan fingerprint density at radius 1 is 0.621 bits per heavy atom. The van der Waals surface area contributed by atoms with Gasteiger partial charge in [0.25, 0.3) is 0 Å². The van der Waals surface area contributed by atoms with Gasteiger partial charge in [-0.1, -0.05) is 54.4 Å². The van der Waals surface area contributed by atoms with Crippen molar-refractivity contribution >= 4 is 35.8 Å². The van der Waals surface area contributed by atoms with Gasteiger partial charge in [0.2, 0.25) is 23.6 Å². The normalized spacial score (nSPS) is 27.4. The number of hydrogen-bond acceptors (Lipinski definition) is 10. The molecular weight excluding hydrogens is 845 g/mol. The lowest BCUT2D eigenvalue weighted by Gasteiger charge is -2.36. The smallest absolute Gasteiger partial charge is 0.412 e. The van der Waals surface area contributed by atoms with Gasteiger partial charge >= 0.3 is 12.2 Å². The maximum Gasteiger partial charge on any atom is 0.412 e. The molecule has 4 aliphatic rings. The molecule has 16 heteroatoms. The Morgan fingerprint density at radius 2 is 0.939 bits per heavy atom. The fraction of sp³-hybridized carbons (Fsp3) is 0.880. The first-order valence-electron chi connectivity index (χ1n) is 25.0. The second kappa shape index (κ2) is 23.1. The van der Waals surface area contributed by atoms with Crippen LogP contribution in [0.1, 0.15) is 163 Å². The van der Waals surface area contributed by atoms with Crippen molar-refractivity contribution < 1.29 is 47.7 Å². The summed E-state index contributed by atoms with van der Waals surface area (Å²) in [4.78, 5) is 86.0. The highest BCUT2D eigenvalue weighted by Crippen LogP contribution is 2.45. The maximum atomic E-state index is 13.3. The molecule has 0 aliphatic carbocycles. The second-order valence-corrected chi connectivity index (χ2v) is 22.5. The van der Waals surface area contributed by atoms with E-state index in [1.165, 1.54) is 0 Å². The van der Waals surface area contributed by atoms with Gasteiger partial charge in [0.05, 0.1) is 24.3 Å². The van der Waals surface area contributed by atoms with Gasteiger partial charge in [0.15, 0.2) is 0 Å². The van der Waals surface area contributed by atoms with Crippen LogP contribution in [-0.4, -0.2) is 142 Å². The van der Waals surface area contributed by atoms with Crippen LogP contribution in [0.5, 0.6) is 0 Å². The number of unbranched alkanes of at least 4 members (excludes halogenated alkanes) is 2. The molecule has 4 fully saturated rings. The molecule has 4 aliphatic heterocycles. The lowest BCUT2D eigenvalue weighted by atomic mass is 9.83. The van der Waals surface area contributed by atoms with E-state index in [1.54, 1.807) is 19.6 Å². The summed E-state index contributed by atoms with van der Waals surface area (Å²) in [5.74, 6) is -2.51. The minimum atomic E-state index is -0.918. The van der Waals surface area contributed by atoms with Crippen LogP contribution in [0.3, 0.4) is 0 Å². The van der Waals surface area contributed by atoms with E-state index >= 15 is 0 Å². The van der Waals surface area contributed by atoms with Gasteiger partial charge in [-0.05, 0) is 121 Å². The number of nitrogens with one attached hydrogen (secondary N) is 2. The van der Waals surface area contributed by atoms with Gasteiger partial charge in [0, 0.05) is 51.1 Å². The van der Waals surface area contributed by atoms with Crippen LogP contribution in [0.15, 0.2) is 0 Å². The number of hydrogen-bond donors (Lipinski definition) is 2. The Kier molecular flexibility index (Phi) is 19.8. The molecule has 8 atom stereocenters. The summed E-state index contributed by atoms with van der Waals surface area (Å²) in [6.45, 7) is 37.9. The molecule has 0 unspecified atom stereocenters. The van der Waals surface area contributed by atoms with Gasteiger partial charge in [0.1, 0.15) is 34.5 Å². The van der Waals surface area contributed by atoms with Gasteiger partial charge in [-0.3, -0.25) is 29.0 Å². The fourth-order valence-corrected chi connectivity index (χ4v) is 9.98. The molecule has 66 heavy (non-hydrogen) atoms.